The van der Waals surface area contributed by atoms with Gasteiger partial charge in [-0.15, -0.1) is 0 Å². The molecule has 1 aliphatic heterocycles. The monoisotopic (exact) mass is 209 g/mol. The molecule has 1 saturated heterocycles. The van der Waals surface area contributed by atoms with Crippen molar-refractivity contribution in [2.75, 3.05) is 18.4 Å². The lowest BCUT2D eigenvalue weighted by Crippen LogP contribution is -2.24. The summed E-state index contributed by atoms with van der Waals surface area (Å²) in [6.45, 7) is 1.88. The Hall–Kier alpha value is -1.16. The smallest absolute Gasteiger partial charge is 0.165 e. The molecular weight excluding hydrogens is 193 g/mol. The molecule has 2 rings (SSSR count). The third-order valence-electron chi connectivity index (χ3n) is 2.71. The fourth-order valence-corrected chi connectivity index (χ4v) is 1.88. The van der Waals surface area contributed by atoms with E-state index in [1.165, 1.54) is 18.9 Å². The van der Waals surface area contributed by atoms with Crippen LogP contribution in [-0.4, -0.2) is 24.1 Å². The van der Waals surface area contributed by atoms with Crippen molar-refractivity contribution in [1.29, 1.82) is 0 Å². The van der Waals surface area contributed by atoms with Gasteiger partial charge < -0.3 is 10.6 Å². The molecule has 4 heteroatoms. The predicted molar refractivity (Wildman–Crippen MR) is 58.3 cm³/mol. The van der Waals surface area contributed by atoms with Crippen molar-refractivity contribution in [2.45, 2.75) is 25.3 Å². The molecule has 0 bridgehead atoms. The summed E-state index contributed by atoms with van der Waals surface area (Å²) in [6.07, 6.45) is 5.10. The van der Waals surface area contributed by atoms with Gasteiger partial charge in [-0.05, 0) is 37.9 Å². The zero-order valence-electron chi connectivity index (χ0n) is 8.67. The number of hydrogen-bond donors (Lipinski definition) is 2. The third kappa shape index (κ3) is 2.89. The number of rotatable bonds is 4. The summed E-state index contributed by atoms with van der Waals surface area (Å²) >= 11 is 0. The molecule has 1 aliphatic rings. The first-order valence-electron chi connectivity index (χ1n) is 5.44. The van der Waals surface area contributed by atoms with E-state index in [1.54, 1.807) is 12.3 Å². The lowest BCUT2D eigenvalue weighted by atomic mass is 10.1. The van der Waals surface area contributed by atoms with Gasteiger partial charge in [0.15, 0.2) is 11.6 Å². The fourth-order valence-electron chi connectivity index (χ4n) is 1.88. The van der Waals surface area contributed by atoms with Gasteiger partial charge in [-0.1, -0.05) is 0 Å². The molecule has 0 saturated carbocycles. The maximum Gasteiger partial charge on any atom is 0.165 e. The van der Waals surface area contributed by atoms with Crippen LogP contribution in [0.25, 0.3) is 0 Å². The summed E-state index contributed by atoms with van der Waals surface area (Å²) in [5.41, 5.74) is 0. The number of pyridine rings is 1. The quantitative estimate of drug-likeness (QED) is 0.793. The minimum Gasteiger partial charge on any atom is -0.368 e. The Labute approximate surface area is 89.1 Å². The molecular formula is C11H16FN3. The molecule has 1 aromatic heterocycles. The number of halogens is 1. The van der Waals surface area contributed by atoms with E-state index in [2.05, 4.69) is 15.6 Å². The van der Waals surface area contributed by atoms with Crippen LogP contribution in [0.15, 0.2) is 18.3 Å². The second kappa shape index (κ2) is 5.07. The average Bonchev–Trinajstić information content (AvgIpc) is 2.74. The van der Waals surface area contributed by atoms with Crippen LogP contribution in [0.4, 0.5) is 10.2 Å². The summed E-state index contributed by atoms with van der Waals surface area (Å²) in [6, 6.07) is 3.60. The maximum atomic E-state index is 13.1. The van der Waals surface area contributed by atoms with E-state index in [1.807, 2.05) is 0 Å². The summed E-state index contributed by atoms with van der Waals surface area (Å²) < 4.78 is 13.1. The average molecular weight is 209 g/mol. The van der Waals surface area contributed by atoms with Crippen LogP contribution >= 0.6 is 0 Å². The zero-order valence-corrected chi connectivity index (χ0v) is 8.67. The first-order chi connectivity index (χ1) is 7.36. The van der Waals surface area contributed by atoms with Crippen LogP contribution < -0.4 is 10.6 Å². The van der Waals surface area contributed by atoms with E-state index < -0.39 is 0 Å². The van der Waals surface area contributed by atoms with Gasteiger partial charge in [0.2, 0.25) is 0 Å². The van der Waals surface area contributed by atoms with E-state index in [-0.39, 0.29) is 5.82 Å². The van der Waals surface area contributed by atoms with E-state index >= 15 is 0 Å². The van der Waals surface area contributed by atoms with Gasteiger partial charge in [-0.3, -0.25) is 0 Å². The Balaban J connectivity index is 1.75. The molecule has 1 atom stereocenters. The highest BCUT2D eigenvalue weighted by Gasteiger charge is 2.13. The van der Waals surface area contributed by atoms with Crippen molar-refractivity contribution in [1.82, 2.24) is 10.3 Å². The second-order valence-corrected chi connectivity index (χ2v) is 3.84. The van der Waals surface area contributed by atoms with E-state index in [9.17, 15) is 4.39 Å². The third-order valence-corrected chi connectivity index (χ3v) is 2.71. The van der Waals surface area contributed by atoms with Crippen molar-refractivity contribution >= 4 is 5.82 Å². The SMILES string of the molecule is Fc1cccnc1NCC[C@@H]1CCCN1. The number of nitrogens with one attached hydrogen (secondary N) is 2. The molecule has 0 aromatic carbocycles. The molecule has 3 nitrogen and oxygen atoms in total. The van der Waals surface area contributed by atoms with Gasteiger partial charge in [0.05, 0.1) is 0 Å². The van der Waals surface area contributed by atoms with E-state index in [4.69, 9.17) is 0 Å². The molecule has 0 amide bonds. The van der Waals surface area contributed by atoms with Gasteiger partial charge in [-0.2, -0.15) is 0 Å². The number of aromatic nitrogens is 1. The van der Waals surface area contributed by atoms with Gasteiger partial charge in [0, 0.05) is 18.8 Å². The van der Waals surface area contributed by atoms with Gasteiger partial charge >= 0.3 is 0 Å². The van der Waals surface area contributed by atoms with Crippen LogP contribution in [0.1, 0.15) is 19.3 Å². The van der Waals surface area contributed by atoms with Crippen molar-refractivity contribution in [3.05, 3.63) is 24.1 Å². The molecule has 2 heterocycles. The normalized spacial score (nSPS) is 20.5. The lowest BCUT2D eigenvalue weighted by molar-refractivity contribution is 0.570. The van der Waals surface area contributed by atoms with E-state index in [0.29, 0.717) is 11.9 Å². The molecule has 0 radical (unpaired) electrons. The summed E-state index contributed by atoms with van der Waals surface area (Å²) in [5.74, 6) is 0.0763. The lowest BCUT2D eigenvalue weighted by Gasteiger charge is -2.11. The van der Waals surface area contributed by atoms with E-state index in [0.717, 1.165) is 19.5 Å². The van der Waals surface area contributed by atoms with Crippen LogP contribution in [0.5, 0.6) is 0 Å². The highest BCUT2D eigenvalue weighted by molar-refractivity contribution is 5.35. The molecule has 0 unspecified atom stereocenters. The number of anilines is 1. The Bertz CT molecular complexity index is 310. The molecule has 15 heavy (non-hydrogen) atoms. The first-order valence-corrected chi connectivity index (χ1v) is 5.44. The van der Waals surface area contributed by atoms with Crippen LogP contribution in [0, 0.1) is 5.82 Å². The molecule has 0 spiro atoms. The first kappa shape index (κ1) is 10.4. The maximum absolute atomic E-state index is 13.1. The van der Waals surface area contributed by atoms with Gasteiger partial charge in [-0.25, -0.2) is 9.37 Å². The highest BCUT2D eigenvalue weighted by Crippen LogP contribution is 2.11. The van der Waals surface area contributed by atoms with Crippen molar-refractivity contribution in [3.8, 4) is 0 Å². The largest absolute Gasteiger partial charge is 0.368 e. The van der Waals surface area contributed by atoms with Gasteiger partial charge in [0.25, 0.3) is 0 Å². The Morgan fingerprint density at radius 1 is 1.60 bits per heavy atom. The van der Waals surface area contributed by atoms with Crippen LogP contribution in [0.2, 0.25) is 0 Å². The van der Waals surface area contributed by atoms with Crippen molar-refractivity contribution < 1.29 is 4.39 Å². The molecule has 2 N–H and O–H groups in total. The number of hydrogen-bond acceptors (Lipinski definition) is 3. The second-order valence-electron chi connectivity index (χ2n) is 3.84. The summed E-state index contributed by atoms with van der Waals surface area (Å²) in [7, 11) is 0. The molecule has 1 aromatic rings. The molecule has 1 fully saturated rings. The van der Waals surface area contributed by atoms with Crippen molar-refractivity contribution in [2.24, 2.45) is 0 Å². The van der Waals surface area contributed by atoms with Gasteiger partial charge in [0.1, 0.15) is 0 Å². The Kier molecular flexibility index (Phi) is 3.50. The van der Waals surface area contributed by atoms with Crippen LogP contribution in [-0.2, 0) is 0 Å². The Morgan fingerprint density at radius 3 is 3.27 bits per heavy atom. The van der Waals surface area contributed by atoms with Crippen molar-refractivity contribution in [3.63, 3.8) is 0 Å². The highest BCUT2D eigenvalue weighted by atomic mass is 19.1. The fraction of sp³-hybridized carbons (Fsp3) is 0.545. The zero-order chi connectivity index (χ0) is 10.5. The topological polar surface area (TPSA) is 37.0 Å². The summed E-state index contributed by atoms with van der Waals surface area (Å²) in [5, 5.41) is 6.42. The minimum absolute atomic E-state index is 0.281. The Morgan fingerprint density at radius 2 is 2.53 bits per heavy atom. The molecule has 0 aliphatic carbocycles. The number of nitrogens with zero attached hydrogens (tertiary/aromatic N) is 1. The minimum atomic E-state index is -0.281. The summed E-state index contributed by atoms with van der Waals surface area (Å²) in [4.78, 5) is 3.94. The standard InChI is InChI=1S/C11H16FN3/c12-10-4-2-7-14-11(10)15-8-5-9-3-1-6-13-9/h2,4,7,9,13H,1,3,5-6,8H2,(H,14,15)/t9-/m0/s1. The van der Waals surface area contributed by atoms with Crippen LogP contribution in [0.3, 0.4) is 0 Å². The predicted octanol–water partition coefficient (Wildman–Crippen LogP) is 1.77. The molecule has 82 valence electrons.